The van der Waals surface area contributed by atoms with E-state index in [1.165, 1.54) is 12.8 Å². The van der Waals surface area contributed by atoms with E-state index in [1.807, 2.05) is 43.9 Å². The van der Waals surface area contributed by atoms with Crippen LogP contribution in [0, 0.1) is 5.92 Å². The van der Waals surface area contributed by atoms with Gasteiger partial charge in [0.1, 0.15) is 11.7 Å². The Morgan fingerprint density at radius 3 is 2.61 bits per heavy atom. The topological polar surface area (TPSA) is 65.1 Å². The van der Waals surface area contributed by atoms with Gasteiger partial charge in [-0.25, -0.2) is 4.79 Å². The number of nitrogens with zero attached hydrogens (tertiary/aromatic N) is 1. The molecule has 1 aliphatic heterocycles. The summed E-state index contributed by atoms with van der Waals surface area (Å²) < 4.78 is 17.5. The van der Waals surface area contributed by atoms with E-state index >= 15 is 0 Å². The van der Waals surface area contributed by atoms with Gasteiger partial charge in [0.05, 0.1) is 24.8 Å². The molecule has 3 rings (SSSR count). The van der Waals surface area contributed by atoms with E-state index in [4.69, 9.17) is 14.2 Å². The van der Waals surface area contributed by atoms with Crippen LogP contribution in [0.1, 0.15) is 104 Å². The summed E-state index contributed by atoms with van der Waals surface area (Å²) in [5.74, 6) is 0.191. The standard InChI is InChI=1S/C32H49NO5/c1-5-6-7-11-17-29(37-25-34)19-18-27-16-12-13-21-32(27)22-20-28(33(32)30(35)38-31(2,3)4)24-36-23-26-14-9-8-10-15-26/h8-10,14-15,18-19,25,27-29H,5-7,11-13,16-17,20-24H2,1-4H3/b19-18+/t27-,28-,29?,32-/m0/s1. The van der Waals surface area contributed by atoms with Crippen molar-refractivity contribution in [1.29, 1.82) is 0 Å². The normalized spacial score (nSPS) is 24.6. The molecule has 1 aromatic carbocycles. The Morgan fingerprint density at radius 1 is 1.11 bits per heavy atom. The molecule has 0 radical (unpaired) electrons. The molecule has 1 heterocycles. The molecule has 2 fully saturated rings. The molecule has 1 saturated heterocycles. The summed E-state index contributed by atoms with van der Waals surface area (Å²) in [5, 5.41) is 0. The molecular formula is C32H49NO5. The average molecular weight is 528 g/mol. The molecule has 2 aliphatic rings. The predicted octanol–water partition coefficient (Wildman–Crippen LogP) is 7.60. The van der Waals surface area contributed by atoms with Crippen molar-refractivity contribution >= 4 is 12.6 Å². The lowest BCUT2D eigenvalue weighted by atomic mass is 9.71. The summed E-state index contributed by atoms with van der Waals surface area (Å²) in [4.78, 5) is 26.9. The van der Waals surface area contributed by atoms with Crippen molar-refractivity contribution in [2.24, 2.45) is 5.92 Å². The van der Waals surface area contributed by atoms with Gasteiger partial charge in [-0.2, -0.15) is 0 Å². The minimum atomic E-state index is -0.572. The molecule has 6 heteroatoms. The smallest absolute Gasteiger partial charge is 0.411 e. The Labute approximate surface area is 230 Å². The van der Waals surface area contributed by atoms with Gasteiger partial charge in [-0.15, -0.1) is 0 Å². The van der Waals surface area contributed by atoms with Crippen molar-refractivity contribution < 1.29 is 23.8 Å². The fourth-order valence-corrected chi connectivity index (χ4v) is 6.16. The minimum absolute atomic E-state index is 0.0290. The van der Waals surface area contributed by atoms with Crippen molar-refractivity contribution in [3.63, 3.8) is 0 Å². The second-order valence-electron chi connectivity index (χ2n) is 12.0. The van der Waals surface area contributed by atoms with Crippen LogP contribution in [0.5, 0.6) is 0 Å². The van der Waals surface area contributed by atoms with Crippen LogP contribution >= 0.6 is 0 Å². The average Bonchev–Trinajstić information content (AvgIpc) is 3.24. The fraction of sp³-hybridized carbons (Fsp3) is 0.688. The van der Waals surface area contributed by atoms with Crippen molar-refractivity contribution in [1.82, 2.24) is 4.90 Å². The maximum Gasteiger partial charge on any atom is 0.411 e. The monoisotopic (exact) mass is 527 g/mol. The lowest BCUT2D eigenvalue weighted by Gasteiger charge is -2.48. The molecule has 4 atom stereocenters. The first kappa shape index (κ1) is 30.2. The molecule has 38 heavy (non-hydrogen) atoms. The summed E-state index contributed by atoms with van der Waals surface area (Å²) >= 11 is 0. The highest BCUT2D eigenvalue weighted by atomic mass is 16.6. The third-order valence-corrected chi connectivity index (χ3v) is 7.96. The van der Waals surface area contributed by atoms with Crippen LogP contribution in [0.25, 0.3) is 0 Å². The molecule has 0 N–H and O–H groups in total. The number of carbonyl (C=O) groups is 2. The molecule has 0 aromatic heterocycles. The van der Waals surface area contributed by atoms with Gasteiger partial charge in [0.15, 0.2) is 0 Å². The van der Waals surface area contributed by atoms with Gasteiger partial charge in [-0.05, 0) is 70.9 Å². The molecule has 0 bridgehead atoms. The van der Waals surface area contributed by atoms with Crippen LogP contribution in [0.2, 0.25) is 0 Å². The molecule has 1 unspecified atom stereocenters. The molecule has 1 aromatic rings. The molecule has 1 amide bonds. The predicted molar refractivity (Wildman–Crippen MR) is 151 cm³/mol. The SMILES string of the molecule is CCCCCCC(/C=C/[C@@H]1CCCC[C@]12CC[C@@H](COCc1ccccc1)N2C(=O)OC(C)(C)C)OC=O. The molecule has 1 aliphatic carbocycles. The number of hydrogen-bond acceptors (Lipinski definition) is 5. The van der Waals surface area contributed by atoms with Crippen LogP contribution in [-0.2, 0) is 25.6 Å². The highest BCUT2D eigenvalue weighted by molar-refractivity contribution is 5.70. The summed E-state index contributed by atoms with van der Waals surface area (Å²) in [6, 6.07) is 10.1. The Morgan fingerprint density at radius 2 is 1.89 bits per heavy atom. The molecule has 1 spiro atoms. The minimum Gasteiger partial charge on any atom is -0.460 e. The van der Waals surface area contributed by atoms with E-state index in [9.17, 15) is 9.59 Å². The number of carbonyl (C=O) groups excluding carboxylic acids is 2. The fourth-order valence-electron chi connectivity index (χ4n) is 6.16. The maximum atomic E-state index is 13.7. The first-order valence-electron chi connectivity index (χ1n) is 14.7. The van der Waals surface area contributed by atoms with E-state index in [-0.39, 0.29) is 29.7 Å². The lowest BCUT2D eigenvalue weighted by molar-refractivity contribution is -0.131. The first-order valence-corrected chi connectivity index (χ1v) is 14.7. The Hall–Kier alpha value is -2.34. The Kier molecular flexibility index (Phi) is 11.7. The number of unbranched alkanes of at least 4 members (excludes halogenated alkanes) is 3. The zero-order chi connectivity index (χ0) is 27.4. The summed E-state index contributed by atoms with van der Waals surface area (Å²) in [6.07, 6.45) is 15.2. The summed E-state index contributed by atoms with van der Waals surface area (Å²) in [5.41, 5.74) is 0.256. The van der Waals surface area contributed by atoms with Crippen molar-refractivity contribution in [3.05, 3.63) is 48.0 Å². The number of benzene rings is 1. The maximum absolute atomic E-state index is 13.7. The van der Waals surface area contributed by atoms with Crippen LogP contribution in [0.3, 0.4) is 0 Å². The van der Waals surface area contributed by atoms with Crippen molar-refractivity contribution in [2.45, 2.75) is 128 Å². The highest BCUT2D eigenvalue weighted by Crippen LogP contribution is 2.49. The highest BCUT2D eigenvalue weighted by Gasteiger charge is 2.54. The zero-order valence-corrected chi connectivity index (χ0v) is 24.0. The zero-order valence-electron chi connectivity index (χ0n) is 24.0. The summed E-state index contributed by atoms with van der Waals surface area (Å²) in [7, 11) is 0. The van der Waals surface area contributed by atoms with Crippen molar-refractivity contribution in [2.75, 3.05) is 6.61 Å². The molecule has 1 saturated carbocycles. The molecule has 212 valence electrons. The molecule has 6 nitrogen and oxygen atoms in total. The van der Waals surface area contributed by atoms with Crippen LogP contribution in [0.4, 0.5) is 4.79 Å². The number of ether oxygens (including phenoxy) is 3. The second kappa shape index (κ2) is 14.7. The van der Waals surface area contributed by atoms with Gasteiger partial charge in [0.25, 0.3) is 6.47 Å². The van der Waals surface area contributed by atoms with Crippen molar-refractivity contribution in [3.8, 4) is 0 Å². The van der Waals surface area contributed by atoms with Gasteiger partial charge < -0.3 is 14.2 Å². The van der Waals surface area contributed by atoms with Gasteiger partial charge in [0, 0.05) is 5.92 Å². The third kappa shape index (κ3) is 8.59. The van der Waals surface area contributed by atoms with E-state index in [0.717, 1.165) is 63.4 Å². The van der Waals surface area contributed by atoms with Crippen LogP contribution in [0.15, 0.2) is 42.5 Å². The van der Waals surface area contributed by atoms with E-state index in [0.29, 0.717) is 19.7 Å². The summed E-state index contributed by atoms with van der Waals surface area (Å²) in [6.45, 7) is 9.54. The largest absolute Gasteiger partial charge is 0.460 e. The number of likely N-dealkylation sites (tertiary alicyclic amines) is 1. The van der Waals surface area contributed by atoms with E-state index < -0.39 is 5.60 Å². The quantitative estimate of drug-likeness (QED) is 0.150. The lowest BCUT2D eigenvalue weighted by Crippen LogP contribution is -2.57. The van der Waals surface area contributed by atoms with Crippen LogP contribution in [-0.4, -0.2) is 47.4 Å². The van der Waals surface area contributed by atoms with Gasteiger partial charge in [-0.3, -0.25) is 9.69 Å². The van der Waals surface area contributed by atoms with Gasteiger partial charge >= 0.3 is 6.09 Å². The van der Waals surface area contributed by atoms with E-state index in [2.05, 4.69) is 31.2 Å². The Bertz CT molecular complexity index is 880. The molecular weight excluding hydrogens is 478 g/mol. The number of rotatable bonds is 13. The van der Waals surface area contributed by atoms with Gasteiger partial charge in [0.2, 0.25) is 0 Å². The second-order valence-corrected chi connectivity index (χ2v) is 12.0. The van der Waals surface area contributed by atoms with Crippen LogP contribution < -0.4 is 0 Å². The third-order valence-electron chi connectivity index (χ3n) is 7.96. The van der Waals surface area contributed by atoms with E-state index in [1.54, 1.807) is 0 Å². The van der Waals surface area contributed by atoms with Gasteiger partial charge in [-0.1, -0.05) is 75.4 Å². The first-order chi connectivity index (χ1) is 18.3. The number of hydrogen-bond donors (Lipinski definition) is 0. The Balaban J connectivity index is 1.78. The number of amides is 1.